The fourth-order valence-electron chi connectivity index (χ4n) is 4.12. The molecule has 7 heteroatoms. The second kappa shape index (κ2) is 8.73. The van der Waals surface area contributed by atoms with Crippen molar-refractivity contribution in [1.82, 2.24) is 14.9 Å². The molecule has 1 aromatic carbocycles. The van der Waals surface area contributed by atoms with Crippen molar-refractivity contribution >= 4 is 22.6 Å². The number of carbonyl (C=O) groups is 1. The maximum Gasteiger partial charge on any atom is 0.222 e. The first kappa shape index (κ1) is 20.2. The molecule has 3 aromatic rings. The Labute approximate surface area is 174 Å². The van der Waals surface area contributed by atoms with Crippen LogP contribution in [0.5, 0.6) is 0 Å². The van der Waals surface area contributed by atoms with Crippen molar-refractivity contribution in [3.05, 3.63) is 66.0 Å². The number of hydrogen-bond acceptors (Lipinski definition) is 4. The smallest absolute Gasteiger partial charge is 0.222 e. The summed E-state index contributed by atoms with van der Waals surface area (Å²) in [5.41, 5.74) is 2.16. The number of carbonyl (C=O) groups excluding carboxylic acids is 1. The van der Waals surface area contributed by atoms with E-state index in [1.54, 1.807) is 11.1 Å². The average Bonchev–Trinajstić information content (AvgIpc) is 2.74. The van der Waals surface area contributed by atoms with Gasteiger partial charge in [-0.15, -0.1) is 0 Å². The van der Waals surface area contributed by atoms with Gasteiger partial charge in [0, 0.05) is 49.7 Å². The van der Waals surface area contributed by atoms with Gasteiger partial charge >= 0.3 is 0 Å². The highest BCUT2D eigenvalue weighted by Crippen LogP contribution is 2.22. The zero-order chi connectivity index (χ0) is 21.1. The fourth-order valence-corrected chi connectivity index (χ4v) is 4.12. The third-order valence-electron chi connectivity index (χ3n) is 5.61. The maximum absolute atomic E-state index is 14.0. The van der Waals surface area contributed by atoms with Crippen molar-refractivity contribution < 1.29 is 13.6 Å². The molecule has 1 aliphatic rings. The predicted octanol–water partition coefficient (Wildman–Crippen LogP) is 3.97. The lowest BCUT2D eigenvalue weighted by Crippen LogP contribution is -2.54. The minimum absolute atomic E-state index is 0.0701. The van der Waals surface area contributed by atoms with Gasteiger partial charge in [0.15, 0.2) is 11.6 Å². The summed E-state index contributed by atoms with van der Waals surface area (Å²) in [5.74, 6) is -1.13. The van der Waals surface area contributed by atoms with E-state index in [0.29, 0.717) is 26.1 Å². The molecule has 2 aromatic heterocycles. The van der Waals surface area contributed by atoms with E-state index in [4.69, 9.17) is 0 Å². The van der Waals surface area contributed by atoms with Crippen molar-refractivity contribution in [3.63, 3.8) is 0 Å². The largest absolute Gasteiger partial charge is 0.350 e. The molecule has 5 nitrogen and oxygen atoms in total. The lowest BCUT2D eigenvalue weighted by Gasteiger charge is -2.40. The molecular weight excluding hydrogens is 386 g/mol. The summed E-state index contributed by atoms with van der Waals surface area (Å²) in [6.07, 6.45) is 4.83. The molecule has 1 fully saturated rings. The van der Waals surface area contributed by atoms with Crippen molar-refractivity contribution in [1.29, 1.82) is 0 Å². The van der Waals surface area contributed by atoms with Gasteiger partial charge in [-0.3, -0.25) is 9.78 Å². The normalized spacial score (nSPS) is 16.8. The Morgan fingerprint density at radius 2 is 2.03 bits per heavy atom. The molecule has 1 aliphatic heterocycles. The van der Waals surface area contributed by atoms with Crippen LogP contribution < -0.4 is 4.90 Å². The van der Waals surface area contributed by atoms with Crippen LogP contribution in [0.3, 0.4) is 0 Å². The summed E-state index contributed by atoms with van der Waals surface area (Å²) in [6.45, 7) is 3.38. The number of rotatable bonds is 5. The van der Waals surface area contributed by atoms with Gasteiger partial charge in [0.1, 0.15) is 5.82 Å². The van der Waals surface area contributed by atoms with Crippen LogP contribution in [0.15, 0.2) is 48.8 Å². The number of nitrogens with zero attached hydrogens (tertiary/aromatic N) is 4. The van der Waals surface area contributed by atoms with Gasteiger partial charge < -0.3 is 9.80 Å². The summed E-state index contributed by atoms with van der Waals surface area (Å²) in [6, 6.07) is 10.8. The molecule has 156 valence electrons. The van der Waals surface area contributed by atoms with Crippen LogP contribution in [0.2, 0.25) is 0 Å². The van der Waals surface area contributed by atoms with Gasteiger partial charge in [0.25, 0.3) is 0 Å². The summed E-state index contributed by atoms with van der Waals surface area (Å²) in [5, 5.41) is 1.13. The van der Waals surface area contributed by atoms with Crippen LogP contribution in [0.1, 0.15) is 25.3 Å². The number of halogens is 2. The Balaban J connectivity index is 1.33. The number of hydrogen-bond donors (Lipinski definition) is 0. The first-order chi connectivity index (χ1) is 14.5. The number of aryl methyl sites for hydroxylation is 1. The third kappa shape index (κ3) is 4.25. The first-order valence-electron chi connectivity index (χ1n) is 10.2. The average molecular weight is 410 g/mol. The van der Waals surface area contributed by atoms with Crippen LogP contribution in [-0.2, 0) is 11.2 Å². The van der Waals surface area contributed by atoms with Gasteiger partial charge in [-0.1, -0.05) is 18.2 Å². The lowest BCUT2D eigenvalue weighted by atomic mass is 10.0. The number of pyridine rings is 2. The zero-order valence-corrected chi connectivity index (χ0v) is 16.9. The first-order valence-corrected chi connectivity index (χ1v) is 10.2. The van der Waals surface area contributed by atoms with Crippen molar-refractivity contribution in [2.45, 2.75) is 32.2 Å². The summed E-state index contributed by atoms with van der Waals surface area (Å²) < 4.78 is 27.1. The van der Waals surface area contributed by atoms with Crippen LogP contribution in [0.25, 0.3) is 10.9 Å². The van der Waals surface area contributed by atoms with E-state index in [9.17, 15) is 13.6 Å². The summed E-state index contributed by atoms with van der Waals surface area (Å²) >= 11 is 0. The number of amides is 1. The monoisotopic (exact) mass is 410 g/mol. The van der Waals surface area contributed by atoms with Gasteiger partial charge in [-0.05, 0) is 37.5 Å². The molecule has 0 aliphatic carbocycles. The molecular formula is C23H24F2N4O. The molecule has 4 rings (SSSR count). The van der Waals surface area contributed by atoms with E-state index in [0.717, 1.165) is 36.0 Å². The van der Waals surface area contributed by atoms with Gasteiger partial charge in [0.2, 0.25) is 5.91 Å². The number of piperazine rings is 1. The molecule has 1 amide bonds. The van der Waals surface area contributed by atoms with E-state index < -0.39 is 11.6 Å². The third-order valence-corrected chi connectivity index (χ3v) is 5.61. The highest BCUT2D eigenvalue weighted by Gasteiger charge is 2.29. The molecule has 1 saturated heterocycles. The molecule has 0 radical (unpaired) electrons. The van der Waals surface area contributed by atoms with E-state index in [1.807, 2.05) is 30.0 Å². The van der Waals surface area contributed by atoms with Crippen LogP contribution >= 0.6 is 0 Å². The highest BCUT2D eigenvalue weighted by atomic mass is 19.1. The van der Waals surface area contributed by atoms with Crippen molar-refractivity contribution in [2.75, 3.05) is 24.5 Å². The standard InChI is InChI=1S/C23H24F2N4O/c1-16-15-28(23-20(25)13-18(24)14-27-23)11-12-29(16)22(30)9-3-6-17-5-2-8-21-19(17)7-4-10-26-21/h2,4-5,7-8,10,13-14,16H,3,6,9,11-12,15H2,1H3/t16-/m0/s1. The zero-order valence-electron chi connectivity index (χ0n) is 16.9. The van der Waals surface area contributed by atoms with Crippen LogP contribution in [0, 0.1) is 11.6 Å². The number of aromatic nitrogens is 2. The van der Waals surface area contributed by atoms with Gasteiger partial charge in [-0.25, -0.2) is 13.8 Å². The molecule has 0 saturated carbocycles. The molecule has 1 atom stereocenters. The molecule has 0 spiro atoms. The van der Waals surface area contributed by atoms with Crippen LogP contribution in [0.4, 0.5) is 14.6 Å². The fraction of sp³-hybridized carbons (Fsp3) is 0.348. The second-order valence-electron chi connectivity index (χ2n) is 7.68. The number of fused-ring (bicyclic) bond motifs is 1. The Kier molecular flexibility index (Phi) is 5.88. The SMILES string of the molecule is C[C@H]1CN(c2ncc(F)cc2F)CCN1C(=O)CCCc1cccc2ncccc12. The topological polar surface area (TPSA) is 49.3 Å². The minimum atomic E-state index is -0.694. The minimum Gasteiger partial charge on any atom is -0.350 e. The van der Waals surface area contributed by atoms with E-state index >= 15 is 0 Å². The van der Waals surface area contributed by atoms with Gasteiger partial charge in [-0.2, -0.15) is 0 Å². The number of benzene rings is 1. The molecule has 30 heavy (non-hydrogen) atoms. The van der Waals surface area contributed by atoms with Crippen LogP contribution in [-0.4, -0.2) is 46.5 Å². The Bertz CT molecular complexity index is 1050. The predicted molar refractivity (Wildman–Crippen MR) is 112 cm³/mol. The molecule has 0 bridgehead atoms. The molecule has 3 heterocycles. The summed E-state index contributed by atoms with van der Waals surface area (Å²) in [7, 11) is 0. The van der Waals surface area contributed by atoms with Crippen molar-refractivity contribution in [3.8, 4) is 0 Å². The Morgan fingerprint density at radius 1 is 1.17 bits per heavy atom. The Morgan fingerprint density at radius 3 is 2.83 bits per heavy atom. The van der Waals surface area contributed by atoms with Crippen molar-refractivity contribution in [2.24, 2.45) is 0 Å². The Hall–Kier alpha value is -3.09. The second-order valence-corrected chi connectivity index (χ2v) is 7.68. The number of anilines is 1. The highest BCUT2D eigenvalue weighted by molar-refractivity contribution is 5.82. The maximum atomic E-state index is 14.0. The molecule has 0 unspecified atom stereocenters. The van der Waals surface area contributed by atoms with E-state index in [-0.39, 0.29) is 17.8 Å². The quantitative estimate of drug-likeness (QED) is 0.639. The summed E-state index contributed by atoms with van der Waals surface area (Å²) in [4.78, 5) is 24.7. The van der Waals surface area contributed by atoms with E-state index in [2.05, 4.69) is 22.1 Å². The lowest BCUT2D eigenvalue weighted by molar-refractivity contribution is -0.133. The molecule has 0 N–H and O–H groups in total. The van der Waals surface area contributed by atoms with E-state index in [1.165, 1.54) is 5.56 Å². The van der Waals surface area contributed by atoms with Gasteiger partial charge in [0.05, 0.1) is 11.7 Å².